The number of ether oxygens (including phenoxy) is 2. The van der Waals surface area contributed by atoms with Gasteiger partial charge < -0.3 is 9.47 Å². The summed E-state index contributed by atoms with van der Waals surface area (Å²) in [5.41, 5.74) is 1.30. The normalized spacial score (nSPS) is 10.6. The summed E-state index contributed by atoms with van der Waals surface area (Å²) >= 11 is 1.40. The van der Waals surface area contributed by atoms with Crippen LogP contribution in [0.1, 0.15) is 24.2 Å². The number of pyridine rings is 1. The number of hydrogen-bond donors (Lipinski definition) is 1. The second-order valence-corrected chi connectivity index (χ2v) is 5.88. The highest BCUT2D eigenvalue weighted by Gasteiger charge is 2.11. The minimum absolute atomic E-state index is 0.248. The van der Waals surface area contributed by atoms with Crippen LogP contribution in [0.15, 0.2) is 36.5 Å². The molecule has 7 heteroatoms. The molecule has 0 bridgehead atoms. The lowest BCUT2D eigenvalue weighted by Gasteiger charge is -2.04. The summed E-state index contributed by atoms with van der Waals surface area (Å²) in [4.78, 5) is 20.8. The lowest BCUT2D eigenvalue weighted by Crippen LogP contribution is -2.12. The van der Waals surface area contributed by atoms with Gasteiger partial charge in [0.15, 0.2) is 5.13 Å². The Morgan fingerprint density at radius 2 is 2.00 bits per heavy atom. The van der Waals surface area contributed by atoms with Gasteiger partial charge in [0.1, 0.15) is 5.75 Å². The standard InChI is InChI=1S/C17H17N3O3S/c1-3-22-12-5-6-13-14(10-12)24-17(19-13)20-16(21)11-7-8-18-15(9-11)23-4-2/h5-10H,3-4H2,1-2H3,(H,19,20,21). The zero-order valence-corrected chi connectivity index (χ0v) is 14.2. The Morgan fingerprint density at radius 3 is 2.79 bits per heavy atom. The van der Waals surface area contributed by atoms with E-state index in [4.69, 9.17) is 9.47 Å². The molecule has 0 saturated heterocycles. The van der Waals surface area contributed by atoms with Crippen molar-refractivity contribution < 1.29 is 14.3 Å². The van der Waals surface area contributed by atoms with Gasteiger partial charge in [0.05, 0.1) is 23.4 Å². The van der Waals surface area contributed by atoms with Gasteiger partial charge >= 0.3 is 0 Å². The van der Waals surface area contributed by atoms with Gasteiger partial charge in [0.25, 0.3) is 5.91 Å². The molecule has 0 aliphatic heterocycles. The van der Waals surface area contributed by atoms with Gasteiger partial charge in [-0.15, -0.1) is 0 Å². The van der Waals surface area contributed by atoms with Crippen molar-refractivity contribution in [2.75, 3.05) is 18.5 Å². The maximum Gasteiger partial charge on any atom is 0.257 e. The third kappa shape index (κ3) is 3.62. The van der Waals surface area contributed by atoms with E-state index in [1.807, 2.05) is 32.0 Å². The first-order chi connectivity index (χ1) is 11.7. The van der Waals surface area contributed by atoms with Crippen molar-refractivity contribution in [1.82, 2.24) is 9.97 Å². The lowest BCUT2D eigenvalue weighted by molar-refractivity contribution is 0.102. The van der Waals surface area contributed by atoms with E-state index in [-0.39, 0.29) is 5.91 Å². The number of anilines is 1. The monoisotopic (exact) mass is 343 g/mol. The number of aromatic nitrogens is 2. The number of nitrogens with zero attached hydrogens (tertiary/aromatic N) is 2. The molecule has 124 valence electrons. The molecular weight excluding hydrogens is 326 g/mol. The van der Waals surface area contributed by atoms with Crippen molar-refractivity contribution >= 4 is 32.6 Å². The van der Waals surface area contributed by atoms with Crippen LogP contribution in [0.5, 0.6) is 11.6 Å². The van der Waals surface area contributed by atoms with Crippen LogP contribution in [0, 0.1) is 0 Å². The number of thiazole rings is 1. The van der Waals surface area contributed by atoms with Crippen LogP contribution in [0.3, 0.4) is 0 Å². The fourth-order valence-electron chi connectivity index (χ4n) is 2.16. The summed E-state index contributed by atoms with van der Waals surface area (Å²) in [6, 6.07) is 8.92. The number of nitrogens with one attached hydrogen (secondary N) is 1. The molecule has 0 spiro atoms. The smallest absolute Gasteiger partial charge is 0.257 e. The van der Waals surface area contributed by atoms with Crippen LogP contribution < -0.4 is 14.8 Å². The van der Waals surface area contributed by atoms with Gasteiger partial charge in [-0.3, -0.25) is 10.1 Å². The molecule has 1 amide bonds. The molecule has 2 heterocycles. The third-order valence-electron chi connectivity index (χ3n) is 3.18. The van der Waals surface area contributed by atoms with E-state index in [0.717, 1.165) is 16.0 Å². The number of carbonyl (C=O) groups is 1. The average Bonchev–Trinajstić information content (AvgIpc) is 2.97. The van der Waals surface area contributed by atoms with E-state index < -0.39 is 0 Å². The maximum atomic E-state index is 12.4. The van der Waals surface area contributed by atoms with Gasteiger partial charge in [-0.05, 0) is 38.1 Å². The Bertz CT molecular complexity index is 863. The third-order valence-corrected chi connectivity index (χ3v) is 4.11. The van der Waals surface area contributed by atoms with Crippen molar-refractivity contribution in [3.05, 3.63) is 42.1 Å². The Morgan fingerprint density at radius 1 is 1.17 bits per heavy atom. The first-order valence-corrected chi connectivity index (χ1v) is 8.45. The SMILES string of the molecule is CCOc1ccc2nc(NC(=O)c3ccnc(OCC)c3)sc2c1. The van der Waals surface area contributed by atoms with E-state index in [2.05, 4.69) is 15.3 Å². The van der Waals surface area contributed by atoms with Gasteiger partial charge in [-0.25, -0.2) is 9.97 Å². The molecule has 0 fully saturated rings. The summed E-state index contributed by atoms with van der Waals surface area (Å²) in [5, 5.41) is 3.35. The predicted octanol–water partition coefficient (Wildman–Crippen LogP) is 3.74. The van der Waals surface area contributed by atoms with Crippen LogP contribution in [-0.4, -0.2) is 29.1 Å². The minimum atomic E-state index is -0.248. The quantitative estimate of drug-likeness (QED) is 0.738. The highest BCUT2D eigenvalue weighted by atomic mass is 32.1. The molecule has 6 nitrogen and oxygen atoms in total. The molecule has 1 aromatic carbocycles. The number of carbonyl (C=O) groups excluding carboxylic acids is 1. The number of hydrogen-bond acceptors (Lipinski definition) is 6. The number of rotatable bonds is 6. The molecule has 3 rings (SSSR count). The Hall–Kier alpha value is -2.67. The summed E-state index contributed by atoms with van der Waals surface area (Å²) < 4.78 is 11.8. The van der Waals surface area contributed by atoms with Crippen molar-refractivity contribution in [1.29, 1.82) is 0 Å². The summed E-state index contributed by atoms with van der Waals surface area (Å²) in [6.45, 7) is 4.91. The molecule has 0 radical (unpaired) electrons. The molecule has 0 aliphatic rings. The minimum Gasteiger partial charge on any atom is -0.494 e. The Labute approximate surface area is 143 Å². The van der Waals surface area contributed by atoms with Crippen LogP contribution >= 0.6 is 11.3 Å². The molecule has 2 aromatic heterocycles. The molecule has 3 aromatic rings. The van der Waals surface area contributed by atoms with Crippen LogP contribution in [0.2, 0.25) is 0 Å². The summed E-state index contributed by atoms with van der Waals surface area (Å²) in [7, 11) is 0. The maximum absolute atomic E-state index is 12.4. The van der Waals surface area contributed by atoms with Crippen LogP contribution in [-0.2, 0) is 0 Å². The number of fused-ring (bicyclic) bond motifs is 1. The van der Waals surface area contributed by atoms with Crippen molar-refractivity contribution in [2.45, 2.75) is 13.8 Å². The molecule has 0 aliphatic carbocycles. The molecule has 24 heavy (non-hydrogen) atoms. The van der Waals surface area contributed by atoms with E-state index in [0.29, 0.717) is 29.8 Å². The van der Waals surface area contributed by atoms with Gasteiger partial charge in [-0.2, -0.15) is 0 Å². The molecule has 1 N–H and O–H groups in total. The topological polar surface area (TPSA) is 73.3 Å². The summed E-state index contributed by atoms with van der Waals surface area (Å²) in [6.07, 6.45) is 1.55. The fraction of sp³-hybridized carbons (Fsp3) is 0.235. The largest absolute Gasteiger partial charge is 0.494 e. The molecular formula is C17H17N3O3S. The predicted molar refractivity (Wildman–Crippen MR) is 94.1 cm³/mol. The molecule has 0 unspecified atom stereocenters. The summed E-state index contributed by atoms with van der Waals surface area (Å²) in [5.74, 6) is 0.972. The molecule has 0 saturated carbocycles. The Balaban J connectivity index is 1.78. The Kier molecular flexibility index (Phi) is 4.90. The average molecular weight is 343 g/mol. The fourth-order valence-corrected chi connectivity index (χ4v) is 3.05. The van der Waals surface area contributed by atoms with E-state index >= 15 is 0 Å². The van der Waals surface area contributed by atoms with Crippen LogP contribution in [0.25, 0.3) is 10.2 Å². The first kappa shape index (κ1) is 16.2. The number of benzene rings is 1. The number of amides is 1. The highest BCUT2D eigenvalue weighted by molar-refractivity contribution is 7.22. The van der Waals surface area contributed by atoms with Crippen molar-refractivity contribution in [3.8, 4) is 11.6 Å². The van der Waals surface area contributed by atoms with Gasteiger partial charge in [-0.1, -0.05) is 11.3 Å². The zero-order chi connectivity index (χ0) is 16.9. The van der Waals surface area contributed by atoms with E-state index in [9.17, 15) is 4.79 Å². The highest BCUT2D eigenvalue weighted by Crippen LogP contribution is 2.29. The van der Waals surface area contributed by atoms with Gasteiger partial charge in [0, 0.05) is 17.8 Å². The van der Waals surface area contributed by atoms with E-state index in [1.165, 1.54) is 11.3 Å². The van der Waals surface area contributed by atoms with Gasteiger partial charge in [0.2, 0.25) is 5.88 Å². The molecule has 0 atom stereocenters. The van der Waals surface area contributed by atoms with E-state index in [1.54, 1.807) is 18.3 Å². The van der Waals surface area contributed by atoms with Crippen LogP contribution in [0.4, 0.5) is 5.13 Å². The second-order valence-electron chi connectivity index (χ2n) is 4.85. The van der Waals surface area contributed by atoms with Crippen molar-refractivity contribution in [2.24, 2.45) is 0 Å². The first-order valence-electron chi connectivity index (χ1n) is 7.63. The lowest BCUT2D eigenvalue weighted by atomic mass is 10.2. The van der Waals surface area contributed by atoms with Crippen molar-refractivity contribution in [3.63, 3.8) is 0 Å². The second kappa shape index (κ2) is 7.27. The zero-order valence-electron chi connectivity index (χ0n) is 13.4.